The monoisotopic (exact) mass is 263 g/mol. The summed E-state index contributed by atoms with van der Waals surface area (Å²) in [6.45, 7) is 1.93. The first-order valence-electron chi connectivity index (χ1n) is 6.45. The van der Waals surface area contributed by atoms with E-state index in [1.54, 1.807) is 6.20 Å². The number of nitrogens with one attached hydrogen (secondary N) is 2. The van der Waals surface area contributed by atoms with Gasteiger partial charge < -0.3 is 10.3 Å². The lowest BCUT2D eigenvalue weighted by Gasteiger charge is -2.20. The lowest BCUT2D eigenvalue weighted by atomic mass is 9.98. The Morgan fingerprint density at radius 2 is 1.95 bits per heavy atom. The van der Waals surface area contributed by atoms with Crippen molar-refractivity contribution in [3.8, 4) is 11.3 Å². The van der Waals surface area contributed by atoms with Crippen LogP contribution in [0, 0.1) is 11.6 Å². The maximum atomic E-state index is 13.7. The van der Waals surface area contributed by atoms with E-state index < -0.39 is 11.6 Å². The number of imidazole rings is 1. The van der Waals surface area contributed by atoms with Crippen LogP contribution in [0.3, 0.4) is 0 Å². The van der Waals surface area contributed by atoms with Crippen LogP contribution in [0.5, 0.6) is 0 Å². The second-order valence-electron chi connectivity index (χ2n) is 4.83. The van der Waals surface area contributed by atoms with E-state index in [-0.39, 0.29) is 5.56 Å². The molecular weight excluding hydrogens is 248 g/mol. The lowest BCUT2D eigenvalue weighted by molar-refractivity contribution is 0.447. The van der Waals surface area contributed by atoms with Crippen LogP contribution in [0.2, 0.25) is 0 Å². The fourth-order valence-electron chi connectivity index (χ4n) is 2.48. The van der Waals surface area contributed by atoms with Gasteiger partial charge in [0.15, 0.2) is 0 Å². The summed E-state index contributed by atoms with van der Waals surface area (Å²) in [5.41, 5.74) is 0.762. The molecule has 0 aliphatic carbocycles. The van der Waals surface area contributed by atoms with Gasteiger partial charge in [-0.25, -0.2) is 13.8 Å². The van der Waals surface area contributed by atoms with Gasteiger partial charge in [-0.1, -0.05) is 0 Å². The third-order valence-electron chi connectivity index (χ3n) is 3.54. The number of nitrogens with zero attached hydrogens (tertiary/aromatic N) is 1. The number of hydrogen-bond donors (Lipinski definition) is 2. The fraction of sp³-hybridized carbons (Fsp3) is 0.357. The van der Waals surface area contributed by atoms with Crippen molar-refractivity contribution in [3.05, 3.63) is 41.9 Å². The third-order valence-corrected chi connectivity index (χ3v) is 3.54. The molecule has 0 spiro atoms. The smallest absolute Gasteiger partial charge is 0.132 e. The predicted octanol–water partition coefficient (Wildman–Crippen LogP) is 2.82. The van der Waals surface area contributed by atoms with Crippen LogP contribution in [-0.4, -0.2) is 23.1 Å². The van der Waals surface area contributed by atoms with Crippen molar-refractivity contribution in [3.63, 3.8) is 0 Å². The van der Waals surface area contributed by atoms with Crippen molar-refractivity contribution in [1.29, 1.82) is 0 Å². The number of aromatic nitrogens is 2. The normalized spacial score (nSPS) is 16.7. The molecule has 2 aromatic rings. The zero-order chi connectivity index (χ0) is 13.2. The minimum Gasteiger partial charge on any atom is -0.342 e. The van der Waals surface area contributed by atoms with Gasteiger partial charge in [0.1, 0.15) is 17.5 Å². The Morgan fingerprint density at radius 1 is 1.16 bits per heavy atom. The van der Waals surface area contributed by atoms with Gasteiger partial charge in [0.2, 0.25) is 0 Å². The highest BCUT2D eigenvalue weighted by atomic mass is 19.1. The Kier molecular flexibility index (Phi) is 3.29. The molecule has 2 heterocycles. The molecule has 1 saturated heterocycles. The molecule has 1 aromatic carbocycles. The van der Waals surface area contributed by atoms with E-state index in [2.05, 4.69) is 15.3 Å². The minimum atomic E-state index is -0.450. The maximum Gasteiger partial charge on any atom is 0.132 e. The average molecular weight is 263 g/mol. The number of H-pyrrole nitrogens is 1. The molecule has 0 unspecified atom stereocenters. The number of hydrogen-bond acceptors (Lipinski definition) is 2. The number of rotatable bonds is 2. The summed E-state index contributed by atoms with van der Waals surface area (Å²) in [6.07, 6.45) is 3.60. The van der Waals surface area contributed by atoms with Crippen LogP contribution in [0.1, 0.15) is 24.6 Å². The molecule has 0 amide bonds. The average Bonchev–Trinajstić information content (AvgIpc) is 2.92. The fourth-order valence-corrected chi connectivity index (χ4v) is 2.48. The quantitative estimate of drug-likeness (QED) is 0.874. The van der Waals surface area contributed by atoms with Gasteiger partial charge >= 0.3 is 0 Å². The molecule has 2 N–H and O–H groups in total. The van der Waals surface area contributed by atoms with Crippen LogP contribution >= 0.6 is 0 Å². The molecule has 1 aliphatic rings. The summed E-state index contributed by atoms with van der Waals surface area (Å²) in [6, 6.07) is 3.44. The zero-order valence-corrected chi connectivity index (χ0v) is 10.4. The largest absolute Gasteiger partial charge is 0.342 e. The summed E-state index contributed by atoms with van der Waals surface area (Å²) >= 11 is 0. The first-order chi connectivity index (χ1) is 9.24. The highest BCUT2D eigenvalue weighted by Crippen LogP contribution is 2.27. The lowest BCUT2D eigenvalue weighted by Crippen LogP contribution is -2.27. The number of halogens is 2. The summed E-state index contributed by atoms with van der Waals surface area (Å²) < 4.78 is 26.9. The van der Waals surface area contributed by atoms with Crippen LogP contribution in [-0.2, 0) is 0 Å². The Morgan fingerprint density at radius 3 is 2.74 bits per heavy atom. The maximum absolute atomic E-state index is 13.7. The minimum absolute atomic E-state index is 0.229. The molecule has 1 aliphatic heterocycles. The molecule has 0 radical (unpaired) electrons. The van der Waals surface area contributed by atoms with Crippen molar-refractivity contribution < 1.29 is 8.78 Å². The number of piperidine rings is 1. The molecule has 100 valence electrons. The molecule has 19 heavy (non-hydrogen) atoms. The Balaban J connectivity index is 1.89. The topological polar surface area (TPSA) is 40.7 Å². The van der Waals surface area contributed by atoms with Crippen molar-refractivity contribution in [2.45, 2.75) is 18.8 Å². The number of aromatic amines is 1. The molecule has 0 saturated carbocycles. The van der Waals surface area contributed by atoms with Crippen LogP contribution in [0.25, 0.3) is 11.3 Å². The SMILES string of the molecule is Fc1ccc(F)c(-c2cnc(C3CCNCC3)[nH]2)c1. The zero-order valence-electron chi connectivity index (χ0n) is 10.4. The summed E-state index contributed by atoms with van der Waals surface area (Å²) in [4.78, 5) is 7.44. The second kappa shape index (κ2) is 5.09. The van der Waals surface area contributed by atoms with E-state index in [9.17, 15) is 8.78 Å². The van der Waals surface area contributed by atoms with E-state index in [1.807, 2.05) is 0 Å². The Labute approximate surface area is 110 Å². The molecule has 0 atom stereocenters. The molecule has 0 bridgehead atoms. The van der Waals surface area contributed by atoms with Gasteiger partial charge in [0.25, 0.3) is 0 Å². The van der Waals surface area contributed by atoms with Crippen molar-refractivity contribution in [2.75, 3.05) is 13.1 Å². The van der Waals surface area contributed by atoms with Gasteiger partial charge in [0.05, 0.1) is 11.9 Å². The third kappa shape index (κ3) is 2.51. The summed E-state index contributed by atoms with van der Waals surface area (Å²) in [7, 11) is 0. The second-order valence-corrected chi connectivity index (χ2v) is 4.83. The van der Waals surface area contributed by atoms with Gasteiger partial charge in [0, 0.05) is 11.5 Å². The highest BCUT2D eigenvalue weighted by molar-refractivity contribution is 5.59. The van der Waals surface area contributed by atoms with Crippen LogP contribution in [0.15, 0.2) is 24.4 Å². The van der Waals surface area contributed by atoms with Crippen molar-refractivity contribution in [2.24, 2.45) is 0 Å². The first kappa shape index (κ1) is 12.3. The van der Waals surface area contributed by atoms with E-state index >= 15 is 0 Å². The summed E-state index contributed by atoms with van der Waals surface area (Å²) in [5.74, 6) is 0.336. The van der Waals surface area contributed by atoms with Crippen molar-refractivity contribution in [1.82, 2.24) is 15.3 Å². The highest BCUT2D eigenvalue weighted by Gasteiger charge is 2.19. The van der Waals surface area contributed by atoms with Gasteiger partial charge in [-0.05, 0) is 44.1 Å². The molecule has 1 aromatic heterocycles. The molecule has 5 heteroatoms. The van der Waals surface area contributed by atoms with Crippen LogP contribution < -0.4 is 5.32 Å². The van der Waals surface area contributed by atoms with Gasteiger partial charge in [-0.2, -0.15) is 0 Å². The molecule has 3 nitrogen and oxygen atoms in total. The van der Waals surface area contributed by atoms with E-state index in [0.717, 1.165) is 43.9 Å². The van der Waals surface area contributed by atoms with Crippen LogP contribution in [0.4, 0.5) is 8.78 Å². The Hall–Kier alpha value is -1.75. The van der Waals surface area contributed by atoms with E-state index in [1.165, 1.54) is 6.07 Å². The van der Waals surface area contributed by atoms with Gasteiger partial charge in [-0.3, -0.25) is 0 Å². The van der Waals surface area contributed by atoms with Crippen molar-refractivity contribution >= 4 is 0 Å². The molecule has 3 rings (SSSR count). The number of benzene rings is 1. The predicted molar refractivity (Wildman–Crippen MR) is 68.8 cm³/mol. The standard InChI is InChI=1S/C14H15F2N3/c15-10-1-2-12(16)11(7-10)13-8-18-14(19-13)9-3-5-17-6-4-9/h1-2,7-9,17H,3-6H2,(H,18,19). The van der Waals surface area contributed by atoms with E-state index in [0.29, 0.717) is 11.6 Å². The molecule has 1 fully saturated rings. The van der Waals surface area contributed by atoms with E-state index in [4.69, 9.17) is 0 Å². The molecular formula is C14H15F2N3. The first-order valence-corrected chi connectivity index (χ1v) is 6.45. The summed E-state index contributed by atoms with van der Waals surface area (Å²) in [5, 5.41) is 3.29. The Bertz CT molecular complexity index is 574. The van der Waals surface area contributed by atoms with Gasteiger partial charge in [-0.15, -0.1) is 0 Å².